The van der Waals surface area contributed by atoms with E-state index in [1.54, 1.807) is 0 Å². The summed E-state index contributed by atoms with van der Waals surface area (Å²) >= 11 is 2.82. The molecule has 1 fully saturated rings. The smallest absolute Gasteiger partial charge is 0.236 e. The molecule has 0 atom stereocenters. The van der Waals surface area contributed by atoms with Crippen molar-refractivity contribution in [2.45, 2.75) is 23.9 Å². The fraction of sp³-hybridized carbons (Fsp3) is 0.182. The first-order valence-corrected chi connectivity index (χ1v) is 11.6. The van der Waals surface area contributed by atoms with Gasteiger partial charge >= 0.3 is 0 Å². The molecular weight excluding hydrogens is 414 g/mol. The van der Waals surface area contributed by atoms with Crippen LogP contribution in [0.3, 0.4) is 0 Å². The number of thioether (sulfide) groups is 1. The van der Waals surface area contributed by atoms with E-state index in [0.717, 1.165) is 40.8 Å². The van der Waals surface area contributed by atoms with Crippen LogP contribution in [0.15, 0.2) is 71.2 Å². The molecule has 8 heteroatoms. The van der Waals surface area contributed by atoms with Crippen molar-refractivity contribution < 1.29 is 4.79 Å². The summed E-state index contributed by atoms with van der Waals surface area (Å²) in [4.78, 5) is 17.0. The number of carbonyl (C=O) groups is 1. The van der Waals surface area contributed by atoms with Crippen LogP contribution in [-0.2, 0) is 4.79 Å². The van der Waals surface area contributed by atoms with E-state index in [1.807, 2.05) is 66.0 Å². The van der Waals surface area contributed by atoms with Crippen LogP contribution in [0.1, 0.15) is 24.6 Å². The topological polar surface area (TPSA) is 72.7 Å². The fourth-order valence-electron chi connectivity index (χ4n) is 3.16. The molecule has 1 aliphatic rings. The number of hydrogen-bond donors (Lipinski definition) is 1. The molecule has 0 aliphatic heterocycles. The van der Waals surface area contributed by atoms with Gasteiger partial charge < -0.3 is 5.32 Å². The van der Waals surface area contributed by atoms with E-state index >= 15 is 0 Å². The number of aromatic nitrogens is 4. The molecule has 30 heavy (non-hydrogen) atoms. The third-order valence-corrected chi connectivity index (χ3v) is 6.45. The Hall–Kier alpha value is -2.97. The number of para-hydroxylation sites is 1. The van der Waals surface area contributed by atoms with Gasteiger partial charge in [-0.2, -0.15) is 0 Å². The van der Waals surface area contributed by atoms with Crippen LogP contribution in [0.5, 0.6) is 0 Å². The highest BCUT2D eigenvalue weighted by Crippen LogP contribution is 2.41. The highest BCUT2D eigenvalue weighted by Gasteiger charge is 2.31. The first-order valence-electron chi connectivity index (χ1n) is 9.72. The summed E-state index contributed by atoms with van der Waals surface area (Å²) in [5.41, 5.74) is 2.92. The van der Waals surface area contributed by atoms with E-state index in [4.69, 9.17) is 0 Å². The summed E-state index contributed by atoms with van der Waals surface area (Å²) in [5, 5.41) is 14.9. The van der Waals surface area contributed by atoms with Crippen molar-refractivity contribution in [2.75, 3.05) is 11.1 Å². The SMILES string of the molecule is O=C(CSc1nnc(C2CC2)n1-c1ccccc1)Nc1nc(-c2ccccc2)cs1. The predicted molar refractivity (Wildman–Crippen MR) is 120 cm³/mol. The van der Waals surface area contributed by atoms with Gasteiger partial charge in [-0.15, -0.1) is 21.5 Å². The molecule has 6 nitrogen and oxygen atoms in total. The number of nitrogens with one attached hydrogen (secondary N) is 1. The van der Waals surface area contributed by atoms with Gasteiger partial charge in [-0.3, -0.25) is 9.36 Å². The Morgan fingerprint density at radius 2 is 1.80 bits per heavy atom. The van der Waals surface area contributed by atoms with Crippen molar-refractivity contribution in [3.63, 3.8) is 0 Å². The van der Waals surface area contributed by atoms with Gasteiger partial charge in [0, 0.05) is 22.5 Å². The van der Waals surface area contributed by atoms with Crippen LogP contribution in [-0.4, -0.2) is 31.4 Å². The highest BCUT2D eigenvalue weighted by atomic mass is 32.2. The molecule has 1 saturated carbocycles. The van der Waals surface area contributed by atoms with Crippen LogP contribution in [0.25, 0.3) is 16.9 Å². The quantitative estimate of drug-likeness (QED) is 0.415. The molecule has 4 aromatic rings. The molecule has 1 aliphatic carbocycles. The minimum Gasteiger partial charge on any atom is -0.301 e. The predicted octanol–water partition coefficient (Wildman–Crippen LogP) is 5.00. The molecule has 0 radical (unpaired) electrons. The normalized spacial score (nSPS) is 13.3. The van der Waals surface area contributed by atoms with Crippen molar-refractivity contribution in [2.24, 2.45) is 0 Å². The van der Waals surface area contributed by atoms with Crippen LogP contribution >= 0.6 is 23.1 Å². The monoisotopic (exact) mass is 433 g/mol. The standard InChI is InChI=1S/C22H19N5OS2/c28-19(24-21-23-18(13-29-21)15-7-3-1-4-8-15)14-30-22-26-25-20(16-11-12-16)27(22)17-9-5-2-6-10-17/h1-10,13,16H,11-12,14H2,(H,23,24,28). The Morgan fingerprint density at radius 3 is 2.53 bits per heavy atom. The van der Waals surface area contributed by atoms with Crippen molar-refractivity contribution in [3.05, 3.63) is 71.9 Å². The Kier molecular flexibility index (Phi) is 5.33. The number of benzene rings is 2. The summed E-state index contributed by atoms with van der Waals surface area (Å²) in [6.07, 6.45) is 2.29. The summed E-state index contributed by atoms with van der Waals surface area (Å²) in [7, 11) is 0. The maximum atomic E-state index is 12.5. The molecule has 0 unspecified atom stereocenters. The summed E-state index contributed by atoms with van der Waals surface area (Å²) in [5.74, 6) is 1.59. The molecule has 2 heterocycles. The molecule has 1 N–H and O–H groups in total. The van der Waals surface area contributed by atoms with Gasteiger partial charge in [0.15, 0.2) is 10.3 Å². The first-order chi connectivity index (χ1) is 14.8. The van der Waals surface area contributed by atoms with Crippen molar-refractivity contribution in [3.8, 4) is 16.9 Å². The average Bonchev–Trinajstić information content (AvgIpc) is 3.38. The van der Waals surface area contributed by atoms with E-state index in [2.05, 4.69) is 25.1 Å². The second-order valence-corrected chi connectivity index (χ2v) is 8.83. The number of nitrogens with zero attached hydrogens (tertiary/aromatic N) is 4. The summed E-state index contributed by atoms with van der Waals surface area (Å²) < 4.78 is 2.08. The number of rotatable bonds is 7. The highest BCUT2D eigenvalue weighted by molar-refractivity contribution is 7.99. The number of anilines is 1. The van der Waals surface area contributed by atoms with Crippen LogP contribution < -0.4 is 5.32 Å². The minimum atomic E-state index is -0.107. The van der Waals surface area contributed by atoms with Crippen LogP contribution in [0.2, 0.25) is 0 Å². The molecule has 0 saturated heterocycles. The lowest BCUT2D eigenvalue weighted by molar-refractivity contribution is -0.113. The lowest BCUT2D eigenvalue weighted by atomic mass is 10.2. The number of carbonyl (C=O) groups excluding carboxylic acids is 1. The molecule has 0 spiro atoms. The molecule has 2 aromatic heterocycles. The van der Waals surface area contributed by atoms with Crippen molar-refractivity contribution in [1.82, 2.24) is 19.7 Å². The molecule has 2 aromatic carbocycles. The van der Waals surface area contributed by atoms with Gasteiger partial charge in [-0.05, 0) is 25.0 Å². The number of hydrogen-bond acceptors (Lipinski definition) is 6. The lowest BCUT2D eigenvalue weighted by Gasteiger charge is -2.09. The second-order valence-electron chi connectivity index (χ2n) is 7.03. The Bertz CT molecular complexity index is 1150. The third kappa shape index (κ3) is 4.15. The Morgan fingerprint density at radius 1 is 1.07 bits per heavy atom. The van der Waals surface area contributed by atoms with Gasteiger partial charge in [-0.25, -0.2) is 4.98 Å². The second kappa shape index (κ2) is 8.41. The zero-order valence-corrected chi connectivity index (χ0v) is 17.7. The maximum Gasteiger partial charge on any atom is 0.236 e. The number of amides is 1. The van der Waals surface area contributed by atoms with Crippen LogP contribution in [0, 0.1) is 0 Å². The van der Waals surface area contributed by atoms with E-state index in [0.29, 0.717) is 11.0 Å². The fourth-order valence-corrected chi connectivity index (χ4v) is 4.65. The Balaban J connectivity index is 1.27. The van der Waals surface area contributed by atoms with Gasteiger partial charge in [0.2, 0.25) is 5.91 Å². The lowest BCUT2D eigenvalue weighted by Crippen LogP contribution is -2.14. The third-order valence-electron chi connectivity index (χ3n) is 4.77. The van der Waals surface area contributed by atoms with Gasteiger partial charge in [0.1, 0.15) is 5.82 Å². The summed E-state index contributed by atoms with van der Waals surface area (Å²) in [6.45, 7) is 0. The molecule has 5 rings (SSSR count). The Labute approximate surface area is 182 Å². The van der Waals surface area contributed by atoms with Crippen molar-refractivity contribution in [1.29, 1.82) is 0 Å². The minimum absolute atomic E-state index is 0.107. The van der Waals surface area contributed by atoms with Gasteiger partial charge in [0.25, 0.3) is 0 Å². The van der Waals surface area contributed by atoms with E-state index < -0.39 is 0 Å². The first kappa shape index (κ1) is 19.0. The molecule has 0 bridgehead atoms. The van der Waals surface area contributed by atoms with Crippen LogP contribution in [0.4, 0.5) is 5.13 Å². The van der Waals surface area contributed by atoms with E-state index in [-0.39, 0.29) is 11.7 Å². The average molecular weight is 434 g/mol. The largest absolute Gasteiger partial charge is 0.301 e. The molecule has 1 amide bonds. The molecule has 150 valence electrons. The van der Waals surface area contributed by atoms with E-state index in [9.17, 15) is 4.79 Å². The number of thiazole rings is 1. The summed E-state index contributed by atoms with van der Waals surface area (Å²) in [6, 6.07) is 20.0. The van der Waals surface area contributed by atoms with E-state index in [1.165, 1.54) is 23.1 Å². The zero-order valence-electron chi connectivity index (χ0n) is 16.1. The maximum absolute atomic E-state index is 12.5. The molecular formula is C22H19N5OS2. The zero-order chi connectivity index (χ0) is 20.3. The van der Waals surface area contributed by atoms with Gasteiger partial charge in [-0.1, -0.05) is 60.3 Å². The van der Waals surface area contributed by atoms with Gasteiger partial charge in [0.05, 0.1) is 11.4 Å². The van der Waals surface area contributed by atoms with Crippen molar-refractivity contribution >= 4 is 34.1 Å².